The third kappa shape index (κ3) is 5.44. The van der Waals surface area contributed by atoms with Crippen LogP contribution in [0.5, 0.6) is 0 Å². The molecule has 6 nitrogen and oxygen atoms in total. The average molecular weight is 385 g/mol. The van der Waals surface area contributed by atoms with Gasteiger partial charge in [-0.1, -0.05) is 52.8 Å². The molecule has 0 aliphatic rings. The molecule has 6 heteroatoms. The molecule has 0 saturated heterocycles. The van der Waals surface area contributed by atoms with Crippen molar-refractivity contribution in [3.05, 3.63) is 47.2 Å². The molecular formula is C22H32N4O2. The first kappa shape index (κ1) is 21.7. The minimum atomic E-state index is -0.231. The summed E-state index contributed by atoms with van der Waals surface area (Å²) in [6.45, 7) is 12.7. The van der Waals surface area contributed by atoms with Crippen molar-refractivity contribution in [3.8, 4) is 0 Å². The van der Waals surface area contributed by atoms with Crippen LogP contribution in [0.3, 0.4) is 0 Å². The summed E-state index contributed by atoms with van der Waals surface area (Å²) in [6.07, 6.45) is 0. The number of benzene rings is 1. The summed E-state index contributed by atoms with van der Waals surface area (Å²) in [4.78, 5) is 27.3. The lowest BCUT2D eigenvalue weighted by molar-refractivity contribution is -0.117. The lowest BCUT2D eigenvalue weighted by Gasteiger charge is -2.25. The molecule has 1 aromatic heterocycles. The average Bonchev–Trinajstić information content (AvgIpc) is 2.94. The minimum Gasteiger partial charge on any atom is -0.329 e. The molecule has 28 heavy (non-hydrogen) atoms. The molecule has 0 atom stereocenters. The Hall–Kier alpha value is -2.63. The Kier molecular flexibility index (Phi) is 6.65. The van der Waals surface area contributed by atoms with Crippen LogP contribution < -0.4 is 5.32 Å². The molecule has 2 aromatic rings. The summed E-state index contributed by atoms with van der Waals surface area (Å²) in [5, 5.41) is 7.37. The molecule has 152 valence electrons. The van der Waals surface area contributed by atoms with Crippen LogP contribution in [0.15, 0.2) is 30.3 Å². The number of aromatic nitrogens is 2. The van der Waals surface area contributed by atoms with Crippen molar-refractivity contribution in [2.24, 2.45) is 13.0 Å². The molecule has 0 fully saturated rings. The molecule has 2 rings (SSSR count). The highest BCUT2D eigenvalue weighted by molar-refractivity contribution is 6.00. The SMILES string of the molecule is Cc1ccccc1C(=O)N(CC(=O)Nc1cc(C(C)(C)C)nn1C)CC(C)C. The number of rotatable bonds is 6. The normalized spacial score (nSPS) is 11.6. The van der Waals surface area contributed by atoms with Gasteiger partial charge >= 0.3 is 0 Å². The van der Waals surface area contributed by atoms with Gasteiger partial charge < -0.3 is 10.2 Å². The Balaban J connectivity index is 2.16. The van der Waals surface area contributed by atoms with E-state index in [9.17, 15) is 9.59 Å². The lowest BCUT2D eigenvalue weighted by Crippen LogP contribution is -2.40. The second-order valence-corrected chi connectivity index (χ2v) is 8.73. The molecule has 2 amide bonds. The highest BCUT2D eigenvalue weighted by atomic mass is 16.2. The maximum Gasteiger partial charge on any atom is 0.254 e. The van der Waals surface area contributed by atoms with Crippen molar-refractivity contribution in [3.63, 3.8) is 0 Å². The van der Waals surface area contributed by atoms with Gasteiger partial charge in [-0.3, -0.25) is 14.3 Å². The van der Waals surface area contributed by atoms with Gasteiger partial charge in [0.05, 0.1) is 5.69 Å². The van der Waals surface area contributed by atoms with Crippen LogP contribution in [0.2, 0.25) is 0 Å². The Morgan fingerprint density at radius 3 is 2.39 bits per heavy atom. The fourth-order valence-electron chi connectivity index (χ4n) is 2.95. The van der Waals surface area contributed by atoms with E-state index in [4.69, 9.17) is 0 Å². The van der Waals surface area contributed by atoms with E-state index in [1.165, 1.54) is 0 Å². The number of carbonyl (C=O) groups excluding carboxylic acids is 2. The van der Waals surface area contributed by atoms with E-state index in [-0.39, 0.29) is 29.7 Å². The van der Waals surface area contributed by atoms with Gasteiger partial charge in [0.1, 0.15) is 12.4 Å². The number of nitrogens with zero attached hydrogens (tertiary/aromatic N) is 3. The molecule has 0 aliphatic heterocycles. The van der Waals surface area contributed by atoms with Gasteiger partial charge in [-0.15, -0.1) is 0 Å². The van der Waals surface area contributed by atoms with Crippen LogP contribution in [0.4, 0.5) is 5.82 Å². The number of anilines is 1. The molecule has 0 radical (unpaired) electrons. The maximum absolute atomic E-state index is 13.0. The summed E-state index contributed by atoms with van der Waals surface area (Å²) in [5.41, 5.74) is 2.33. The number of amides is 2. The van der Waals surface area contributed by atoms with Crippen LogP contribution >= 0.6 is 0 Å². The minimum absolute atomic E-state index is 0.00137. The van der Waals surface area contributed by atoms with E-state index in [0.717, 1.165) is 11.3 Å². The fraction of sp³-hybridized carbons (Fsp3) is 0.500. The van der Waals surface area contributed by atoms with Crippen molar-refractivity contribution < 1.29 is 9.59 Å². The second kappa shape index (κ2) is 8.59. The van der Waals surface area contributed by atoms with Gasteiger partial charge in [0.15, 0.2) is 0 Å². The number of hydrogen-bond acceptors (Lipinski definition) is 3. The van der Waals surface area contributed by atoms with Crippen LogP contribution in [-0.4, -0.2) is 39.6 Å². The number of hydrogen-bond donors (Lipinski definition) is 1. The predicted molar refractivity (Wildman–Crippen MR) is 112 cm³/mol. The molecular weight excluding hydrogens is 352 g/mol. The summed E-state index contributed by atoms with van der Waals surface area (Å²) in [7, 11) is 1.80. The lowest BCUT2D eigenvalue weighted by atomic mass is 9.92. The molecule has 0 bridgehead atoms. The predicted octanol–water partition coefficient (Wildman–Crippen LogP) is 3.76. The quantitative estimate of drug-likeness (QED) is 0.824. The monoisotopic (exact) mass is 384 g/mol. The first-order valence-corrected chi connectivity index (χ1v) is 9.68. The van der Waals surface area contributed by atoms with Gasteiger partial charge in [-0.2, -0.15) is 5.10 Å². The van der Waals surface area contributed by atoms with E-state index >= 15 is 0 Å². The molecule has 0 saturated carbocycles. The zero-order chi connectivity index (χ0) is 21.1. The van der Waals surface area contributed by atoms with Gasteiger partial charge in [0.2, 0.25) is 5.91 Å². The fourth-order valence-corrected chi connectivity index (χ4v) is 2.95. The van der Waals surface area contributed by atoms with Gasteiger partial charge in [0, 0.05) is 30.6 Å². The highest BCUT2D eigenvalue weighted by Crippen LogP contribution is 2.23. The van der Waals surface area contributed by atoms with Crippen molar-refractivity contribution in [1.29, 1.82) is 0 Å². The van der Waals surface area contributed by atoms with E-state index in [1.54, 1.807) is 22.7 Å². The summed E-state index contributed by atoms with van der Waals surface area (Å²) < 4.78 is 1.66. The molecule has 0 spiro atoms. The first-order chi connectivity index (χ1) is 13.0. The third-order valence-corrected chi connectivity index (χ3v) is 4.50. The topological polar surface area (TPSA) is 67.2 Å². The van der Waals surface area contributed by atoms with Gasteiger partial charge in [-0.25, -0.2) is 0 Å². The van der Waals surface area contributed by atoms with E-state index in [1.807, 2.05) is 45.0 Å². The molecule has 1 heterocycles. The van der Waals surface area contributed by atoms with Gasteiger partial charge in [-0.05, 0) is 24.5 Å². The van der Waals surface area contributed by atoms with Crippen molar-refractivity contribution >= 4 is 17.6 Å². The zero-order valence-corrected chi connectivity index (χ0v) is 18.0. The molecule has 1 N–H and O–H groups in total. The molecule has 0 aliphatic carbocycles. The van der Waals surface area contributed by atoms with E-state index in [0.29, 0.717) is 17.9 Å². The van der Waals surface area contributed by atoms with Crippen molar-refractivity contribution in [2.75, 3.05) is 18.4 Å². The van der Waals surface area contributed by atoms with Crippen LogP contribution in [0.25, 0.3) is 0 Å². The zero-order valence-electron chi connectivity index (χ0n) is 18.0. The summed E-state index contributed by atoms with van der Waals surface area (Å²) in [6, 6.07) is 9.34. The van der Waals surface area contributed by atoms with Crippen LogP contribution in [-0.2, 0) is 17.3 Å². The van der Waals surface area contributed by atoms with Crippen molar-refractivity contribution in [1.82, 2.24) is 14.7 Å². The first-order valence-electron chi connectivity index (χ1n) is 9.68. The Morgan fingerprint density at radius 1 is 1.21 bits per heavy atom. The Bertz CT molecular complexity index is 846. The molecule has 1 aromatic carbocycles. The third-order valence-electron chi connectivity index (χ3n) is 4.50. The second-order valence-electron chi connectivity index (χ2n) is 8.73. The Morgan fingerprint density at radius 2 is 1.86 bits per heavy atom. The highest BCUT2D eigenvalue weighted by Gasteiger charge is 2.23. The van der Waals surface area contributed by atoms with Gasteiger partial charge in [0.25, 0.3) is 5.91 Å². The van der Waals surface area contributed by atoms with Crippen LogP contribution in [0, 0.1) is 12.8 Å². The van der Waals surface area contributed by atoms with Crippen LogP contribution in [0.1, 0.15) is 56.2 Å². The summed E-state index contributed by atoms with van der Waals surface area (Å²) in [5.74, 6) is 0.529. The van der Waals surface area contributed by atoms with Crippen molar-refractivity contribution in [2.45, 2.75) is 47.0 Å². The Labute approximate surface area is 167 Å². The number of nitrogens with one attached hydrogen (secondary N) is 1. The molecule has 0 unspecified atom stereocenters. The number of aryl methyl sites for hydroxylation is 2. The number of carbonyl (C=O) groups is 2. The smallest absolute Gasteiger partial charge is 0.254 e. The van der Waals surface area contributed by atoms with E-state index < -0.39 is 0 Å². The standard InChI is InChI=1S/C22H32N4O2/c1-15(2)13-26(21(28)17-11-9-8-10-16(17)3)14-20(27)23-19-12-18(22(4,5)6)24-25(19)7/h8-12,15H,13-14H2,1-7H3,(H,23,27). The largest absolute Gasteiger partial charge is 0.329 e. The van der Waals surface area contributed by atoms with E-state index in [2.05, 4.69) is 31.2 Å². The maximum atomic E-state index is 13.0. The summed E-state index contributed by atoms with van der Waals surface area (Å²) >= 11 is 0.